The van der Waals surface area contributed by atoms with Gasteiger partial charge in [0, 0.05) is 21.9 Å². The Morgan fingerprint density at radius 2 is 0.700 bits per heavy atom. The van der Waals surface area contributed by atoms with Crippen LogP contribution in [0, 0.1) is 0 Å². The predicted molar refractivity (Wildman–Crippen MR) is 215 cm³/mol. The van der Waals surface area contributed by atoms with Crippen molar-refractivity contribution in [1.82, 2.24) is 9.97 Å². The first-order valence-electron chi connectivity index (χ1n) is 18.7. The summed E-state index contributed by atoms with van der Waals surface area (Å²) in [6.07, 6.45) is 6.12. The van der Waals surface area contributed by atoms with Crippen LogP contribution >= 0.6 is 0 Å². The van der Waals surface area contributed by atoms with Crippen LogP contribution in [-0.4, -0.2) is 9.97 Å². The first-order valence-corrected chi connectivity index (χ1v) is 18.7. The van der Waals surface area contributed by atoms with E-state index in [2.05, 4.69) is 151 Å². The average Bonchev–Trinajstić information content (AvgIpc) is 3.19. The Morgan fingerprint density at radius 3 is 1.00 bits per heavy atom. The molecule has 50 heavy (non-hydrogen) atoms. The zero-order valence-corrected chi connectivity index (χ0v) is 30.5. The topological polar surface area (TPSA) is 25.8 Å². The molecule has 2 aromatic heterocycles. The summed E-state index contributed by atoms with van der Waals surface area (Å²) in [5.41, 5.74) is 19.7. The molecule has 0 aliphatic carbocycles. The van der Waals surface area contributed by atoms with Gasteiger partial charge in [0.15, 0.2) is 0 Å². The van der Waals surface area contributed by atoms with Gasteiger partial charge in [-0.2, -0.15) is 0 Å². The Morgan fingerprint density at radius 1 is 0.360 bits per heavy atom. The van der Waals surface area contributed by atoms with Crippen molar-refractivity contribution in [3.63, 3.8) is 0 Å². The van der Waals surface area contributed by atoms with Crippen LogP contribution in [0.1, 0.15) is 74.9 Å². The molecular formula is C48H48N2. The van der Waals surface area contributed by atoms with Gasteiger partial charge < -0.3 is 0 Å². The molecule has 0 aliphatic rings. The maximum absolute atomic E-state index is 5.57. The summed E-state index contributed by atoms with van der Waals surface area (Å²) >= 11 is 0. The van der Waals surface area contributed by atoms with Crippen LogP contribution < -0.4 is 0 Å². The average molecular weight is 653 g/mol. The van der Waals surface area contributed by atoms with Gasteiger partial charge in [0.05, 0.1) is 22.4 Å². The maximum Gasteiger partial charge on any atom is 0.0978 e. The summed E-state index contributed by atoms with van der Waals surface area (Å²) in [6, 6.07) is 40.2. The molecule has 0 spiro atoms. The summed E-state index contributed by atoms with van der Waals surface area (Å²) in [4.78, 5) is 11.1. The maximum atomic E-state index is 5.57. The van der Waals surface area contributed by atoms with E-state index in [1.807, 2.05) is 0 Å². The minimum absolute atomic E-state index is 0.949. The number of pyridine rings is 2. The van der Waals surface area contributed by atoms with Crippen molar-refractivity contribution >= 4 is 21.8 Å². The molecule has 2 heteroatoms. The van der Waals surface area contributed by atoms with Gasteiger partial charge in [-0.05, 0) is 131 Å². The van der Waals surface area contributed by atoms with Crippen LogP contribution in [0.2, 0.25) is 0 Å². The van der Waals surface area contributed by atoms with Crippen molar-refractivity contribution in [3.8, 4) is 44.8 Å². The van der Waals surface area contributed by atoms with E-state index in [0.717, 1.165) is 71.7 Å². The number of nitrogens with zero attached hydrogens (tertiary/aromatic N) is 2. The molecule has 0 saturated carbocycles. The SMILES string of the molecule is CCc1cc(-c2cc(-c3ccccc3)c3ccc4c(-c5ccccc5)cc(-c5cc(CC)c(CC)c(CC)c5)nc4c3n2)cc(CC)c1CC. The number of aryl methyl sites for hydroxylation is 4. The van der Waals surface area contributed by atoms with E-state index in [4.69, 9.17) is 9.97 Å². The fraction of sp³-hybridized carbons (Fsp3) is 0.250. The molecule has 0 amide bonds. The predicted octanol–water partition coefficient (Wildman–Crippen LogP) is 12.8. The molecule has 0 saturated heterocycles. The van der Waals surface area contributed by atoms with Crippen LogP contribution in [0.15, 0.2) is 109 Å². The van der Waals surface area contributed by atoms with Gasteiger partial charge in [-0.1, -0.05) is 114 Å². The highest BCUT2D eigenvalue weighted by Crippen LogP contribution is 2.40. The van der Waals surface area contributed by atoms with Crippen LogP contribution in [0.3, 0.4) is 0 Å². The van der Waals surface area contributed by atoms with Gasteiger partial charge >= 0.3 is 0 Å². The van der Waals surface area contributed by atoms with Crippen molar-refractivity contribution in [3.05, 3.63) is 143 Å². The Bertz CT molecular complexity index is 2100. The van der Waals surface area contributed by atoms with Gasteiger partial charge in [0.25, 0.3) is 0 Å². The van der Waals surface area contributed by atoms with Crippen LogP contribution in [0.5, 0.6) is 0 Å². The molecule has 2 nitrogen and oxygen atoms in total. The Labute approximate surface area is 298 Å². The molecule has 0 atom stereocenters. The molecule has 0 radical (unpaired) electrons. The highest BCUT2D eigenvalue weighted by atomic mass is 14.8. The van der Waals surface area contributed by atoms with E-state index < -0.39 is 0 Å². The van der Waals surface area contributed by atoms with E-state index in [-0.39, 0.29) is 0 Å². The molecule has 0 N–H and O–H groups in total. The molecule has 0 bridgehead atoms. The van der Waals surface area contributed by atoms with E-state index in [0.29, 0.717) is 0 Å². The highest BCUT2D eigenvalue weighted by molar-refractivity contribution is 6.13. The first kappa shape index (κ1) is 33.4. The summed E-state index contributed by atoms with van der Waals surface area (Å²) in [6.45, 7) is 13.6. The number of hydrogen-bond acceptors (Lipinski definition) is 2. The van der Waals surface area contributed by atoms with Gasteiger partial charge in [0.1, 0.15) is 0 Å². The lowest BCUT2D eigenvalue weighted by Crippen LogP contribution is -2.01. The van der Waals surface area contributed by atoms with E-state index >= 15 is 0 Å². The molecule has 2 heterocycles. The molecule has 5 aromatic carbocycles. The molecule has 0 fully saturated rings. The van der Waals surface area contributed by atoms with Gasteiger partial charge in [0.2, 0.25) is 0 Å². The monoisotopic (exact) mass is 652 g/mol. The van der Waals surface area contributed by atoms with Crippen molar-refractivity contribution in [2.24, 2.45) is 0 Å². The fourth-order valence-corrected chi connectivity index (χ4v) is 8.04. The Kier molecular flexibility index (Phi) is 9.63. The summed E-state index contributed by atoms with van der Waals surface area (Å²) in [5, 5.41) is 2.25. The normalized spacial score (nSPS) is 11.5. The van der Waals surface area contributed by atoms with E-state index in [9.17, 15) is 0 Å². The molecule has 7 aromatic rings. The van der Waals surface area contributed by atoms with Crippen molar-refractivity contribution < 1.29 is 0 Å². The largest absolute Gasteiger partial charge is 0.245 e. The van der Waals surface area contributed by atoms with Crippen molar-refractivity contribution in [1.29, 1.82) is 0 Å². The van der Waals surface area contributed by atoms with E-state index in [1.54, 1.807) is 0 Å². The Balaban J connectivity index is 1.60. The third-order valence-electron chi connectivity index (χ3n) is 10.6. The zero-order valence-electron chi connectivity index (χ0n) is 30.5. The van der Waals surface area contributed by atoms with Crippen LogP contribution in [0.25, 0.3) is 66.6 Å². The van der Waals surface area contributed by atoms with Gasteiger partial charge in [-0.25, -0.2) is 9.97 Å². The lowest BCUT2D eigenvalue weighted by Gasteiger charge is -2.18. The molecule has 7 rings (SSSR count). The number of fused-ring (bicyclic) bond motifs is 3. The third-order valence-corrected chi connectivity index (χ3v) is 10.6. The lowest BCUT2D eigenvalue weighted by molar-refractivity contribution is 0.981. The standard InChI is InChI=1S/C48H48N2/c1-7-31-25-37(26-32(8-2)39(31)11-5)45-29-43(35-19-15-13-16-20-35)41-23-24-42-44(36-21-17-14-18-22-36)30-46(50-48(42)47(41)49-45)38-27-33(9-3)40(12-6)34(10-4)28-38/h13-30H,7-12H2,1-6H3. The number of benzene rings is 5. The van der Waals surface area contributed by atoms with Crippen molar-refractivity contribution in [2.45, 2.75) is 80.1 Å². The number of hydrogen-bond donors (Lipinski definition) is 0. The van der Waals surface area contributed by atoms with E-state index in [1.165, 1.54) is 66.8 Å². The number of aromatic nitrogens is 2. The smallest absolute Gasteiger partial charge is 0.0978 e. The minimum Gasteiger partial charge on any atom is -0.245 e. The van der Waals surface area contributed by atoms with Gasteiger partial charge in [-0.15, -0.1) is 0 Å². The second kappa shape index (κ2) is 14.4. The molecule has 0 unspecified atom stereocenters. The molecular weight excluding hydrogens is 605 g/mol. The second-order valence-corrected chi connectivity index (χ2v) is 13.4. The third kappa shape index (κ3) is 6.02. The summed E-state index contributed by atoms with van der Waals surface area (Å²) in [5.74, 6) is 0. The molecule has 0 aliphatic heterocycles. The lowest BCUT2D eigenvalue weighted by atomic mass is 9.90. The summed E-state index contributed by atoms with van der Waals surface area (Å²) in [7, 11) is 0. The Hall–Kier alpha value is -5.08. The summed E-state index contributed by atoms with van der Waals surface area (Å²) < 4.78 is 0. The highest BCUT2D eigenvalue weighted by Gasteiger charge is 2.19. The van der Waals surface area contributed by atoms with Crippen LogP contribution in [0.4, 0.5) is 0 Å². The fourth-order valence-electron chi connectivity index (χ4n) is 8.04. The molecule has 250 valence electrons. The second-order valence-electron chi connectivity index (χ2n) is 13.4. The zero-order chi connectivity index (χ0) is 34.8. The minimum atomic E-state index is 0.949. The van der Waals surface area contributed by atoms with Crippen LogP contribution in [-0.2, 0) is 38.5 Å². The quantitative estimate of drug-likeness (QED) is 0.137. The van der Waals surface area contributed by atoms with Crippen molar-refractivity contribution in [2.75, 3.05) is 0 Å². The first-order chi connectivity index (χ1) is 24.5. The number of rotatable bonds is 10. The van der Waals surface area contributed by atoms with Gasteiger partial charge in [-0.3, -0.25) is 0 Å².